The third-order valence-corrected chi connectivity index (χ3v) is 0.891. The predicted octanol–water partition coefficient (Wildman–Crippen LogP) is 0.646. The molecule has 0 saturated carbocycles. The van der Waals surface area contributed by atoms with E-state index in [9.17, 15) is 0 Å². The van der Waals surface area contributed by atoms with Crippen molar-refractivity contribution >= 4 is 0 Å². The molecule has 2 nitrogen and oxygen atoms in total. The summed E-state index contributed by atoms with van der Waals surface area (Å²) in [4.78, 5) is 0. The molecule has 0 rings (SSSR count). The minimum Gasteiger partial charge on any atom is -0.377 e. The van der Waals surface area contributed by atoms with Gasteiger partial charge in [-0.2, -0.15) is 0 Å². The summed E-state index contributed by atoms with van der Waals surface area (Å²) in [6.45, 7) is 5.62. The number of hydrogen-bond donors (Lipinski definition) is 0. The summed E-state index contributed by atoms with van der Waals surface area (Å²) >= 11 is 0. The van der Waals surface area contributed by atoms with Gasteiger partial charge in [0.2, 0.25) is 0 Å². The first-order valence-corrected chi connectivity index (χ1v) is 2.98. The van der Waals surface area contributed by atoms with Crippen LogP contribution >= 0.6 is 0 Å². The fourth-order valence-electron chi connectivity index (χ4n) is 0.594. The molecule has 0 aromatic heterocycles. The molecule has 0 aromatic rings. The van der Waals surface area contributed by atoms with Crippen molar-refractivity contribution in [3.63, 3.8) is 0 Å². The molecular weight excluding hydrogens is 102 g/mol. The molecule has 49 valence electrons. The Morgan fingerprint density at radius 1 is 1.62 bits per heavy atom. The Morgan fingerprint density at radius 3 is 2.62 bits per heavy atom. The van der Waals surface area contributed by atoms with Gasteiger partial charge in [0.1, 0.15) is 0 Å². The van der Waals surface area contributed by atoms with E-state index < -0.39 is 0 Å². The Morgan fingerprint density at radius 2 is 2.25 bits per heavy atom. The molecule has 0 aliphatic rings. The summed E-state index contributed by atoms with van der Waals surface area (Å²) < 4.78 is 5.19. The van der Waals surface area contributed by atoms with E-state index in [0.29, 0.717) is 6.10 Å². The minimum absolute atomic E-state index is 0.296. The van der Waals surface area contributed by atoms with Crippen LogP contribution in [0.1, 0.15) is 13.8 Å². The normalized spacial score (nSPS) is 13.9. The molecule has 0 aliphatic carbocycles. The largest absolute Gasteiger partial charge is 0.377 e. The second kappa shape index (κ2) is 5.06. The smallest absolute Gasteiger partial charge is 0.0687 e. The fraction of sp³-hybridized carbons (Fsp3) is 1.00. The molecule has 0 bridgehead atoms. The summed E-state index contributed by atoms with van der Waals surface area (Å²) in [5.74, 6) is 0. The lowest BCUT2D eigenvalue weighted by molar-refractivity contribution is 0.0770. The zero-order chi connectivity index (χ0) is 6.41. The van der Waals surface area contributed by atoms with Gasteiger partial charge in [0.05, 0.1) is 6.10 Å². The van der Waals surface area contributed by atoms with Crippen molar-refractivity contribution in [2.24, 2.45) is 0 Å². The highest BCUT2D eigenvalue weighted by molar-refractivity contribution is 4.49. The van der Waals surface area contributed by atoms with E-state index in [1.54, 1.807) is 7.05 Å². The highest BCUT2D eigenvalue weighted by Gasteiger charge is 1.95. The molecule has 1 unspecified atom stereocenters. The first-order chi connectivity index (χ1) is 3.81. The Hall–Kier alpha value is -0.0800. The van der Waals surface area contributed by atoms with Crippen LogP contribution in [0.2, 0.25) is 0 Å². The van der Waals surface area contributed by atoms with Crippen molar-refractivity contribution in [2.45, 2.75) is 20.0 Å². The molecule has 0 amide bonds. The van der Waals surface area contributed by atoms with Crippen molar-refractivity contribution in [2.75, 3.05) is 20.2 Å². The monoisotopic (exact) mass is 116 g/mol. The van der Waals surface area contributed by atoms with Crippen LogP contribution in [0.3, 0.4) is 0 Å². The van der Waals surface area contributed by atoms with Gasteiger partial charge in [0, 0.05) is 20.2 Å². The highest BCUT2D eigenvalue weighted by atomic mass is 16.5. The van der Waals surface area contributed by atoms with Gasteiger partial charge in [-0.25, -0.2) is 5.32 Å². The van der Waals surface area contributed by atoms with Gasteiger partial charge in [-0.05, 0) is 13.8 Å². The highest BCUT2D eigenvalue weighted by Crippen LogP contribution is 1.85. The second-order valence-corrected chi connectivity index (χ2v) is 1.76. The quantitative estimate of drug-likeness (QED) is 0.529. The van der Waals surface area contributed by atoms with E-state index in [0.717, 1.165) is 13.2 Å². The van der Waals surface area contributed by atoms with Crippen molar-refractivity contribution in [3.05, 3.63) is 0 Å². The summed E-state index contributed by atoms with van der Waals surface area (Å²) in [6, 6.07) is 0. The van der Waals surface area contributed by atoms with Gasteiger partial charge in [-0.1, -0.05) is 0 Å². The fourth-order valence-corrected chi connectivity index (χ4v) is 0.594. The standard InChI is InChI=1S/C6H14NO/c1-4-8-6(2)5-7-3/h6H,4-5H2,1-3H3. The molecule has 0 saturated heterocycles. The molecule has 2 heteroatoms. The maximum atomic E-state index is 5.19. The van der Waals surface area contributed by atoms with E-state index in [1.165, 1.54) is 0 Å². The van der Waals surface area contributed by atoms with Gasteiger partial charge in [0.15, 0.2) is 0 Å². The lowest BCUT2D eigenvalue weighted by Gasteiger charge is -2.07. The van der Waals surface area contributed by atoms with Gasteiger partial charge in [-0.15, -0.1) is 0 Å². The van der Waals surface area contributed by atoms with Crippen LogP contribution in [0.25, 0.3) is 0 Å². The zero-order valence-electron chi connectivity index (χ0n) is 5.85. The van der Waals surface area contributed by atoms with Crippen molar-refractivity contribution in [1.29, 1.82) is 0 Å². The molecular formula is C6H14NO. The van der Waals surface area contributed by atoms with Gasteiger partial charge in [-0.3, -0.25) is 0 Å². The van der Waals surface area contributed by atoms with Gasteiger partial charge < -0.3 is 4.74 Å². The lowest BCUT2D eigenvalue weighted by atomic mass is 10.4. The van der Waals surface area contributed by atoms with Crippen LogP contribution in [-0.4, -0.2) is 26.3 Å². The van der Waals surface area contributed by atoms with Gasteiger partial charge >= 0.3 is 0 Å². The molecule has 0 heterocycles. The van der Waals surface area contributed by atoms with Gasteiger partial charge in [0.25, 0.3) is 0 Å². The summed E-state index contributed by atoms with van der Waals surface area (Å²) in [7, 11) is 1.80. The van der Waals surface area contributed by atoms with E-state index in [4.69, 9.17) is 4.74 Å². The molecule has 0 aliphatic heterocycles. The topological polar surface area (TPSA) is 23.3 Å². The van der Waals surface area contributed by atoms with Crippen molar-refractivity contribution < 1.29 is 4.74 Å². The van der Waals surface area contributed by atoms with Crippen LogP contribution in [0.5, 0.6) is 0 Å². The predicted molar refractivity (Wildman–Crippen MR) is 34.0 cm³/mol. The lowest BCUT2D eigenvalue weighted by Crippen LogP contribution is -2.18. The Balaban J connectivity index is 2.92. The van der Waals surface area contributed by atoms with Crippen LogP contribution in [0, 0.1) is 0 Å². The number of likely N-dealkylation sites (N-methyl/N-ethyl adjacent to an activating group) is 1. The molecule has 0 N–H and O–H groups in total. The van der Waals surface area contributed by atoms with E-state index in [2.05, 4.69) is 5.32 Å². The Labute approximate surface area is 51.2 Å². The third kappa shape index (κ3) is 4.09. The maximum absolute atomic E-state index is 5.19. The van der Waals surface area contributed by atoms with Crippen LogP contribution in [0.4, 0.5) is 0 Å². The molecule has 1 radical (unpaired) electrons. The van der Waals surface area contributed by atoms with Crippen LogP contribution in [0.15, 0.2) is 0 Å². The van der Waals surface area contributed by atoms with Crippen LogP contribution in [-0.2, 0) is 4.74 Å². The third-order valence-electron chi connectivity index (χ3n) is 0.891. The summed E-state index contributed by atoms with van der Waals surface area (Å²) in [5, 5.41) is 3.93. The van der Waals surface area contributed by atoms with E-state index in [-0.39, 0.29) is 0 Å². The van der Waals surface area contributed by atoms with E-state index >= 15 is 0 Å². The zero-order valence-corrected chi connectivity index (χ0v) is 5.85. The van der Waals surface area contributed by atoms with E-state index in [1.807, 2.05) is 13.8 Å². The molecule has 0 aromatic carbocycles. The Kier molecular flexibility index (Phi) is 5.01. The molecule has 0 spiro atoms. The number of nitrogens with zero attached hydrogens (tertiary/aromatic N) is 1. The maximum Gasteiger partial charge on any atom is 0.0687 e. The molecule has 1 atom stereocenters. The summed E-state index contributed by atoms with van der Waals surface area (Å²) in [6.07, 6.45) is 0.296. The number of rotatable bonds is 4. The van der Waals surface area contributed by atoms with Crippen molar-refractivity contribution in [1.82, 2.24) is 5.32 Å². The first-order valence-electron chi connectivity index (χ1n) is 2.98. The minimum atomic E-state index is 0.296. The number of hydrogen-bond acceptors (Lipinski definition) is 1. The first kappa shape index (κ1) is 7.92. The Bertz CT molecular complexity index is 41.8. The SMILES string of the molecule is CCOC(C)C[N]C. The second-order valence-electron chi connectivity index (χ2n) is 1.76. The summed E-state index contributed by atoms with van der Waals surface area (Å²) in [5.41, 5.74) is 0. The molecule has 8 heavy (non-hydrogen) atoms. The van der Waals surface area contributed by atoms with Crippen LogP contribution < -0.4 is 5.32 Å². The average molecular weight is 116 g/mol. The number of ether oxygens (including phenoxy) is 1. The molecule has 0 fully saturated rings. The van der Waals surface area contributed by atoms with Crippen molar-refractivity contribution in [3.8, 4) is 0 Å². The average Bonchev–Trinajstić information content (AvgIpc) is 1.68.